The summed E-state index contributed by atoms with van der Waals surface area (Å²) in [7, 11) is 0. The van der Waals surface area contributed by atoms with Gasteiger partial charge in [-0.05, 0) is 35.4 Å². The van der Waals surface area contributed by atoms with Crippen molar-refractivity contribution in [2.24, 2.45) is 5.92 Å². The molecular formula is C32H37F2N3O4. The molecule has 9 heteroatoms. The van der Waals surface area contributed by atoms with Gasteiger partial charge < -0.3 is 21.1 Å². The molecule has 0 radical (unpaired) electrons. The first-order valence-corrected chi connectivity index (χ1v) is 13.6. The first-order chi connectivity index (χ1) is 19.6. The Bertz CT molecular complexity index is 1260. The number of rotatable bonds is 14. The zero-order valence-electron chi connectivity index (χ0n) is 23.2. The second-order valence-corrected chi connectivity index (χ2v) is 10.3. The van der Waals surface area contributed by atoms with Crippen molar-refractivity contribution >= 4 is 17.7 Å². The van der Waals surface area contributed by atoms with Crippen LogP contribution in [0.3, 0.4) is 0 Å². The average molecular weight is 566 g/mol. The maximum absolute atomic E-state index is 15.3. The van der Waals surface area contributed by atoms with Crippen LogP contribution in [0.5, 0.6) is 0 Å². The molecule has 4 N–H and O–H groups in total. The number of alkyl halides is 2. The minimum Gasteiger partial charge on any atom is -0.384 e. The predicted octanol–water partition coefficient (Wildman–Crippen LogP) is 3.80. The fourth-order valence-corrected chi connectivity index (χ4v) is 4.35. The van der Waals surface area contributed by atoms with E-state index in [2.05, 4.69) is 16.0 Å². The Kier molecular flexibility index (Phi) is 11.5. The molecule has 2 unspecified atom stereocenters. The molecule has 0 aliphatic rings. The van der Waals surface area contributed by atoms with Crippen LogP contribution in [0.15, 0.2) is 91.0 Å². The van der Waals surface area contributed by atoms with E-state index >= 15 is 8.78 Å². The van der Waals surface area contributed by atoms with E-state index in [9.17, 15) is 19.5 Å². The van der Waals surface area contributed by atoms with Gasteiger partial charge in [0.2, 0.25) is 11.8 Å². The lowest BCUT2D eigenvalue weighted by Crippen LogP contribution is -2.61. The number of hydrogen-bond donors (Lipinski definition) is 4. The molecule has 41 heavy (non-hydrogen) atoms. The zero-order chi connectivity index (χ0) is 29.8. The molecule has 7 nitrogen and oxygen atoms in total. The van der Waals surface area contributed by atoms with Crippen molar-refractivity contribution in [3.63, 3.8) is 0 Å². The van der Waals surface area contributed by atoms with Gasteiger partial charge >= 0.3 is 5.92 Å². The molecule has 3 aromatic rings. The standard InChI is InChI=1S/C32H37F2N3O4/c1-22(2)28(37-27(38)19-18-23-12-6-3-7-13-23)30(40)36-26(20-24-14-8-4-9-15-24)29(39)32(33,34)31(41)35-21-25-16-10-5-11-17-25/h3-17,22,26,28-29,39H,18-21H2,1-2H3,(H,35,41)(H,36,40)(H,37,38)/t26?,28-,29?/m0/s1. The van der Waals surface area contributed by atoms with Gasteiger partial charge in [0.25, 0.3) is 5.91 Å². The van der Waals surface area contributed by atoms with E-state index in [1.165, 1.54) is 0 Å². The van der Waals surface area contributed by atoms with Gasteiger partial charge in [-0.3, -0.25) is 14.4 Å². The Morgan fingerprint density at radius 3 is 1.83 bits per heavy atom. The second-order valence-electron chi connectivity index (χ2n) is 10.3. The minimum atomic E-state index is -4.21. The lowest BCUT2D eigenvalue weighted by molar-refractivity contribution is -0.168. The Balaban J connectivity index is 1.72. The maximum Gasteiger partial charge on any atom is 0.351 e. The smallest absolute Gasteiger partial charge is 0.351 e. The van der Waals surface area contributed by atoms with E-state index in [1.807, 2.05) is 30.3 Å². The molecule has 0 aliphatic carbocycles. The van der Waals surface area contributed by atoms with Crippen LogP contribution in [0, 0.1) is 5.92 Å². The SMILES string of the molecule is CC(C)[C@H](NC(=O)CCc1ccccc1)C(=O)NC(Cc1ccccc1)C(O)C(F)(F)C(=O)NCc1ccccc1. The number of aliphatic hydroxyl groups is 1. The van der Waals surface area contributed by atoms with Crippen molar-refractivity contribution in [1.29, 1.82) is 0 Å². The zero-order valence-corrected chi connectivity index (χ0v) is 23.2. The lowest BCUT2D eigenvalue weighted by Gasteiger charge is -2.31. The number of benzene rings is 3. The number of nitrogens with one attached hydrogen (secondary N) is 3. The molecule has 3 atom stereocenters. The monoisotopic (exact) mass is 565 g/mol. The molecule has 218 valence electrons. The summed E-state index contributed by atoms with van der Waals surface area (Å²) in [6.45, 7) is 3.29. The Labute approximate surface area is 239 Å². The van der Waals surface area contributed by atoms with Crippen LogP contribution in [0.1, 0.15) is 37.0 Å². The molecule has 0 bridgehead atoms. The summed E-state index contributed by atoms with van der Waals surface area (Å²) < 4.78 is 30.5. The summed E-state index contributed by atoms with van der Waals surface area (Å²) in [5.41, 5.74) is 2.15. The number of carbonyl (C=O) groups is 3. The summed E-state index contributed by atoms with van der Waals surface area (Å²) in [6.07, 6.45) is -2.10. The average Bonchev–Trinajstić information content (AvgIpc) is 2.98. The second kappa shape index (κ2) is 15.0. The highest BCUT2D eigenvalue weighted by atomic mass is 19.3. The van der Waals surface area contributed by atoms with Crippen molar-refractivity contribution in [2.45, 2.75) is 63.8 Å². The molecule has 0 fully saturated rings. The third-order valence-electron chi connectivity index (χ3n) is 6.73. The van der Waals surface area contributed by atoms with E-state index in [0.29, 0.717) is 17.5 Å². The van der Waals surface area contributed by atoms with Gasteiger partial charge in [0.1, 0.15) is 12.1 Å². The molecular weight excluding hydrogens is 528 g/mol. The van der Waals surface area contributed by atoms with Crippen molar-refractivity contribution in [3.8, 4) is 0 Å². The normalized spacial score (nSPS) is 13.6. The van der Waals surface area contributed by atoms with Crippen molar-refractivity contribution < 1.29 is 28.3 Å². The van der Waals surface area contributed by atoms with Crippen molar-refractivity contribution in [2.75, 3.05) is 0 Å². The summed E-state index contributed by atoms with van der Waals surface area (Å²) in [6, 6.07) is 23.9. The van der Waals surface area contributed by atoms with Crippen LogP contribution in [0.2, 0.25) is 0 Å². The van der Waals surface area contributed by atoms with Crippen LogP contribution >= 0.6 is 0 Å². The van der Waals surface area contributed by atoms with Crippen LogP contribution < -0.4 is 16.0 Å². The highest BCUT2D eigenvalue weighted by molar-refractivity contribution is 5.88. The van der Waals surface area contributed by atoms with Gasteiger partial charge in [-0.25, -0.2) is 0 Å². The van der Waals surface area contributed by atoms with Crippen LogP contribution in [0.25, 0.3) is 0 Å². The van der Waals surface area contributed by atoms with Gasteiger partial charge in [-0.15, -0.1) is 0 Å². The number of halogens is 2. The van der Waals surface area contributed by atoms with E-state index in [4.69, 9.17) is 0 Å². The minimum absolute atomic E-state index is 0.135. The predicted molar refractivity (Wildman–Crippen MR) is 153 cm³/mol. The van der Waals surface area contributed by atoms with Crippen LogP contribution in [-0.2, 0) is 33.8 Å². The lowest BCUT2D eigenvalue weighted by atomic mass is 9.95. The van der Waals surface area contributed by atoms with Gasteiger partial charge in [-0.2, -0.15) is 8.78 Å². The number of aryl methyl sites for hydroxylation is 1. The molecule has 3 aromatic carbocycles. The van der Waals surface area contributed by atoms with E-state index in [0.717, 1.165) is 5.56 Å². The summed E-state index contributed by atoms with van der Waals surface area (Å²) in [5.74, 6) is -7.34. The fraction of sp³-hybridized carbons (Fsp3) is 0.344. The highest BCUT2D eigenvalue weighted by Gasteiger charge is 2.50. The molecule has 0 heterocycles. The van der Waals surface area contributed by atoms with Crippen LogP contribution in [-0.4, -0.2) is 46.9 Å². The molecule has 3 amide bonds. The maximum atomic E-state index is 15.3. The van der Waals surface area contributed by atoms with Gasteiger partial charge in [-0.1, -0.05) is 105 Å². The Morgan fingerprint density at radius 2 is 1.29 bits per heavy atom. The molecule has 0 aliphatic heterocycles. The fourth-order valence-electron chi connectivity index (χ4n) is 4.35. The van der Waals surface area contributed by atoms with E-state index < -0.39 is 35.9 Å². The van der Waals surface area contributed by atoms with Gasteiger partial charge in [0.05, 0.1) is 6.04 Å². The quantitative estimate of drug-likeness (QED) is 0.239. The Morgan fingerprint density at radius 1 is 0.780 bits per heavy atom. The largest absolute Gasteiger partial charge is 0.384 e. The number of hydrogen-bond acceptors (Lipinski definition) is 4. The number of aliphatic hydroxyl groups excluding tert-OH is 1. The molecule has 0 aromatic heterocycles. The van der Waals surface area contributed by atoms with E-state index in [1.54, 1.807) is 74.5 Å². The summed E-state index contributed by atoms with van der Waals surface area (Å²) in [5, 5.41) is 18.2. The van der Waals surface area contributed by atoms with Crippen LogP contribution in [0.4, 0.5) is 8.78 Å². The van der Waals surface area contributed by atoms with Crippen molar-refractivity contribution in [3.05, 3.63) is 108 Å². The van der Waals surface area contributed by atoms with Gasteiger partial charge in [0.15, 0.2) is 0 Å². The molecule has 0 saturated heterocycles. The number of amides is 3. The third-order valence-corrected chi connectivity index (χ3v) is 6.73. The molecule has 0 saturated carbocycles. The summed E-state index contributed by atoms with van der Waals surface area (Å²) >= 11 is 0. The van der Waals surface area contributed by atoms with E-state index in [-0.39, 0.29) is 31.2 Å². The third kappa shape index (κ3) is 9.49. The first-order valence-electron chi connectivity index (χ1n) is 13.6. The first kappa shape index (κ1) is 31.4. The molecule has 3 rings (SSSR count). The Hall–Kier alpha value is -4.11. The topological polar surface area (TPSA) is 108 Å². The van der Waals surface area contributed by atoms with Gasteiger partial charge in [0, 0.05) is 13.0 Å². The summed E-state index contributed by atoms with van der Waals surface area (Å²) in [4.78, 5) is 38.5. The molecule has 0 spiro atoms. The number of carbonyl (C=O) groups excluding carboxylic acids is 3. The highest BCUT2D eigenvalue weighted by Crippen LogP contribution is 2.24. The van der Waals surface area contributed by atoms with Crippen molar-refractivity contribution in [1.82, 2.24) is 16.0 Å².